The first kappa shape index (κ1) is 15.9. The minimum Gasteiger partial charge on any atom is -0.486 e. The van der Waals surface area contributed by atoms with Gasteiger partial charge in [-0.3, -0.25) is 4.79 Å². The number of halogens is 1. The number of amides is 1. The summed E-state index contributed by atoms with van der Waals surface area (Å²) in [6.07, 6.45) is 5.74. The summed E-state index contributed by atoms with van der Waals surface area (Å²) < 4.78 is 11.2. The first-order chi connectivity index (χ1) is 11.2. The Hall–Kier alpha value is -1.94. The first-order valence-corrected chi connectivity index (χ1v) is 8.36. The quantitative estimate of drug-likeness (QED) is 0.871. The van der Waals surface area contributed by atoms with E-state index in [0.717, 1.165) is 12.8 Å². The van der Waals surface area contributed by atoms with E-state index in [1.165, 1.54) is 19.3 Å². The molecule has 122 valence electrons. The highest BCUT2D eigenvalue weighted by atomic mass is 35.5. The van der Waals surface area contributed by atoms with Crippen LogP contribution in [0.1, 0.15) is 48.4 Å². The average Bonchev–Trinajstić information content (AvgIpc) is 3.04. The van der Waals surface area contributed by atoms with Crippen LogP contribution in [0.25, 0.3) is 0 Å². The number of ether oxygens (including phenoxy) is 1. The molecular formula is C18H20ClNO3. The molecule has 0 bridgehead atoms. The zero-order valence-corrected chi connectivity index (χ0v) is 13.6. The molecule has 1 fully saturated rings. The number of carbonyl (C=O) groups excluding carboxylic acids is 1. The monoisotopic (exact) mass is 333 g/mol. The summed E-state index contributed by atoms with van der Waals surface area (Å²) in [6, 6.07) is 10.9. The standard InChI is InChI=1S/C18H20ClNO3/c19-13-6-8-15(9-7-13)22-12-16-10-11-17(23-16)18(21)20-14-4-2-1-3-5-14/h6-11,14H,1-5,12H2,(H,20,21). The lowest BCUT2D eigenvalue weighted by Gasteiger charge is -2.22. The number of carbonyl (C=O) groups is 1. The second-order valence-electron chi connectivity index (χ2n) is 5.82. The van der Waals surface area contributed by atoms with Crippen molar-refractivity contribution in [3.05, 3.63) is 52.9 Å². The van der Waals surface area contributed by atoms with Crippen molar-refractivity contribution in [1.82, 2.24) is 5.32 Å². The molecule has 1 heterocycles. The normalized spacial score (nSPS) is 15.3. The predicted molar refractivity (Wildman–Crippen MR) is 88.8 cm³/mol. The van der Waals surface area contributed by atoms with Crippen molar-refractivity contribution >= 4 is 17.5 Å². The first-order valence-electron chi connectivity index (χ1n) is 7.98. The van der Waals surface area contributed by atoms with Crippen molar-refractivity contribution < 1.29 is 13.9 Å². The summed E-state index contributed by atoms with van der Waals surface area (Å²) in [5, 5.41) is 3.70. The number of benzene rings is 1. The highest BCUT2D eigenvalue weighted by Gasteiger charge is 2.18. The zero-order valence-electron chi connectivity index (χ0n) is 12.9. The number of nitrogens with one attached hydrogen (secondary N) is 1. The molecule has 0 spiro atoms. The van der Waals surface area contributed by atoms with Crippen LogP contribution in [0.4, 0.5) is 0 Å². The van der Waals surface area contributed by atoms with Crippen LogP contribution in [0.2, 0.25) is 5.02 Å². The summed E-state index contributed by atoms with van der Waals surface area (Å²) in [5.41, 5.74) is 0. The molecule has 23 heavy (non-hydrogen) atoms. The van der Waals surface area contributed by atoms with Crippen molar-refractivity contribution in [1.29, 1.82) is 0 Å². The second-order valence-corrected chi connectivity index (χ2v) is 6.25. The molecule has 0 radical (unpaired) electrons. The van der Waals surface area contributed by atoms with Crippen molar-refractivity contribution in [3.8, 4) is 5.75 Å². The SMILES string of the molecule is O=C(NC1CCCCC1)c1ccc(COc2ccc(Cl)cc2)o1. The fraction of sp³-hybridized carbons (Fsp3) is 0.389. The van der Waals surface area contributed by atoms with Crippen LogP contribution < -0.4 is 10.1 Å². The Morgan fingerprint density at radius 3 is 2.61 bits per heavy atom. The van der Waals surface area contributed by atoms with Gasteiger partial charge in [-0.25, -0.2) is 0 Å². The van der Waals surface area contributed by atoms with E-state index in [1.54, 1.807) is 36.4 Å². The summed E-state index contributed by atoms with van der Waals surface area (Å²) in [6.45, 7) is 0.276. The molecule has 1 amide bonds. The molecule has 0 aliphatic heterocycles. The third kappa shape index (κ3) is 4.52. The average molecular weight is 334 g/mol. The molecule has 1 N–H and O–H groups in total. The Morgan fingerprint density at radius 2 is 1.87 bits per heavy atom. The van der Waals surface area contributed by atoms with Gasteiger partial charge in [0.2, 0.25) is 0 Å². The van der Waals surface area contributed by atoms with Crippen molar-refractivity contribution in [2.75, 3.05) is 0 Å². The van der Waals surface area contributed by atoms with Gasteiger partial charge in [-0.05, 0) is 49.2 Å². The van der Waals surface area contributed by atoms with E-state index in [2.05, 4.69) is 5.32 Å². The molecule has 1 aliphatic carbocycles. The third-order valence-electron chi connectivity index (χ3n) is 4.02. The summed E-state index contributed by atoms with van der Waals surface area (Å²) in [5.74, 6) is 1.52. The molecule has 0 unspecified atom stereocenters. The van der Waals surface area contributed by atoms with Gasteiger partial charge in [0.1, 0.15) is 18.1 Å². The molecule has 2 aromatic rings. The van der Waals surface area contributed by atoms with E-state index >= 15 is 0 Å². The van der Waals surface area contributed by atoms with E-state index in [9.17, 15) is 4.79 Å². The maximum Gasteiger partial charge on any atom is 0.287 e. The van der Waals surface area contributed by atoms with Gasteiger partial charge >= 0.3 is 0 Å². The minimum atomic E-state index is -0.144. The summed E-state index contributed by atoms with van der Waals surface area (Å²) >= 11 is 5.83. The smallest absolute Gasteiger partial charge is 0.287 e. The van der Waals surface area contributed by atoms with Gasteiger partial charge in [0.05, 0.1) is 0 Å². The van der Waals surface area contributed by atoms with Gasteiger partial charge in [-0.15, -0.1) is 0 Å². The highest BCUT2D eigenvalue weighted by Crippen LogP contribution is 2.19. The largest absolute Gasteiger partial charge is 0.486 e. The van der Waals surface area contributed by atoms with Gasteiger partial charge in [0.15, 0.2) is 5.76 Å². The third-order valence-corrected chi connectivity index (χ3v) is 4.27. The number of hydrogen-bond acceptors (Lipinski definition) is 3. The molecule has 3 rings (SSSR count). The fourth-order valence-electron chi connectivity index (χ4n) is 2.77. The number of furan rings is 1. The van der Waals surface area contributed by atoms with E-state index in [4.69, 9.17) is 20.8 Å². The van der Waals surface area contributed by atoms with Crippen LogP contribution >= 0.6 is 11.6 Å². The Morgan fingerprint density at radius 1 is 1.13 bits per heavy atom. The van der Waals surface area contributed by atoms with Crippen LogP contribution in [0.5, 0.6) is 5.75 Å². The van der Waals surface area contributed by atoms with E-state index in [-0.39, 0.29) is 18.6 Å². The van der Waals surface area contributed by atoms with E-state index < -0.39 is 0 Å². The van der Waals surface area contributed by atoms with Gasteiger partial charge in [0, 0.05) is 11.1 Å². The second kappa shape index (κ2) is 7.55. The summed E-state index contributed by atoms with van der Waals surface area (Å²) in [7, 11) is 0. The Bertz CT molecular complexity index is 645. The van der Waals surface area contributed by atoms with Gasteiger partial charge in [-0.1, -0.05) is 30.9 Å². The minimum absolute atomic E-state index is 0.144. The molecule has 5 heteroatoms. The number of hydrogen-bond donors (Lipinski definition) is 1. The van der Waals surface area contributed by atoms with E-state index in [1.807, 2.05) is 0 Å². The molecule has 0 atom stereocenters. The molecule has 1 aromatic carbocycles. The van der Waals surface area contributed by atoms with Crippen LogP contribution in [-0.4, -0.2) is 11.9 Å². The molecule has 0 saturated heterocycles. The van der Waals surface area contributed by atoms with Crippen LogP contribution in [0, 0.1) is 0 Å². The van der Waals surface area contributed by atoms with Gasteiger partial charge < -0.3 is 14.5 Å². The topological polar surface area (TPSA) is 51.5 Å². The maximum atomic E-state index is 12.2. The fourth-order valence-corrected chi connectivity index (χ4v) is 2.89. The Kier molecular flexibility index (Phi) is 5.23. The lowest BCUT2D eigenvalue weighted by Crippen LogP contribution is -2.35. The highest BCUT2D eigenvalue weighted by molar-refractivity contribution is 6.30. The lowest BCUT2D eigenvalue weighted by atomic mass is 9.95. The lowest BCUT2D eigenvalue weighted by molar-refractivity contribution is 0.0895. The molecule has 4 nitrogen and oxygen atoms in total. The summed E-state index contributed by atoms with van der Waals surface area (Å²) in [4.78, 5) is 12.2. The zero-order chi connectivity index (χ0) is 16.1. The molecule has 1 saturated carbocycles. The Labute approximate surface area is 140 Å². The predicted octanol–water partition coefficient (Wildman–Crippen LogP) is 4.57. The maximum absolute atomic E-state index is 12.2. The van der Waals surface area contributed by atoms with Crippen molar-refractivity contribution in [3.63, 3.8) is 0 Å². The van der Waals surface area contributed by atoms with Crippen LogP contribution in [-0.2, 0) is 6.61 Å². The molecule has 1 aromatic heterocycles. The van der Waals surface area contributed by atoms with Crippen molar-refractivity contribution in [2.24, 2.45) is 0 Å². The molecule has 1 aliphatic rings. The van der Waals surface area contributed by atoms with Crippen LogP contribution in [0.3, 0.4) is 0 Å². The Balaban J connectivity index is 1.52. The van der Waals surface area contributed by atoms with Crippen molar-refractivity contribution in [2.45, 2.75) is 44.8 Å². The molecular weight excluding hydrogens is 314 g/mol. The van der Waals surface area contributed by atoms with Crippen LogP contribution in [0.15, 0.2) is 40.8 Å². The van der Waals surface area contributed by atoms with Gasteiger partial charge in [0.25, 0.3) is 5.91 Å². The number of rotatable bonds is 5. The van der Waals surface area contributed by atoms with Gasteiger partial charge in [-0.2, -0.15) is 0 Å². The van der Waals surface area contributed by atoms with E-state index in [0.29, 0.717) is 22.3 Å².